The number of aromatic nitrogens is 1. The average molecular weight is 286 g/mol. The molecule has 0 spiro atoms. The summed E-state index contributed by atoms with van der Waals surface area (Å²) < 4.78 is 2.13. The van der Waals surface area contributed by atoms with E-state index in [1.54, 1.807) is 12.1 Å². The Labute approximate surface area is 125 Å². The topological polar surface area (TPSA) is 54.3 Å². The molecule has 2 N–H and O–H groups in total. The van der Waals surface area contributed by atoms with Crippen LogP contribution in [0.2, 0.25) is 0 Å². The second kappa shape index (κ2) is 7.09. The third-order valence-corrected chi connectivity index (χ3v) is 3.67. The quantitative estimate of drug-likeness (QED) is 0.821. The maximum atomic E-state index is 10.8. The van der Waals surface area contributed by atoms with Crippen LogP contribution in [-0.4, -0.2) is 22.7 Å². The minimum absolute atomic E-state index is 0.324. The molecule has 0 saturated carbocycles. The molecule has 0 amide bonds. The van der Waals surface area contributed by atoms with Crippen molar-refractivity contribution in [1.29, 1.82) is 0 Å². The van der Waals surface area contributed by atoms with Gasteiger partial charge in [-0.3, -0.25) is 0 Å². The molecular weight excluding hydrogens is 264 g/mol. The number of hydrogen-bond donors (Lipinski definition) is 2. The van der Waals surface area contributed by atoms with Crippen LogP contribution in [0.3, 0.4) is 0 Å². The van der Waals surface area contributed by atoms with Crippen LogP contribution in [0.25, 0.3) is 0 Å². The zero-order chi connectivity index (χ0) is 15.2. The van der Waals surface area contributed by atoms with E-state index in [0.29, 0.717) is 11.6 Å². The van der Waals surface area contributed by atoms with Crippen molar-refractivity contribution < 1.29 is 9.90 Å². The predicted molar refractivity (Wildman–Crippen MR) is 83.6 cm³/mol. The molecule has 0 radical (unpaired) electrons. The molecule has 1 atom stereocenters. The molecule has 21 heavy (non-hydrogen) atoms. The van der Waals surface area contributed by atoms with Crippen molar-refractivity contribution in [3.8, 4) is 0 Å². The monoisotopic (exact) mass is 286 g/mol. The van der Waals surface area contributed by atoms with E-state index in [1.807, 2.05) is 19.2 Å². The molecule has 4 nitrogen and oxygen atoms in total. The number of aromatic carboxylic acids is 1. The van der Waals surface area contributed by atoms with E-state index in [1.165, 1.54) is 5.56 Å². The van der Waals surface area contributed by atoms with E-state index in [-0.39, 0.29) is 0 Å². The van der Waals surface area contributed by atoms with Crippen molar-refractivity contribution in [1.82, 2.24) is 9.88 Å². The standard InChI is InChI=1S/C17H22N2O2/c1-3-4-16(18-2)15-9-10-19(12-15)11-13-5-7-14(8-6-13)17(20)21/h5-10,12,16,18H,3-4,11H2,1-2H3,(H,20,21). The summed E-state index contributed by atoms with van der Waals surface area (Å²) >= 11 is 0. The summed E-state index contributed by atoms with van der Waals surface area (Å²) in [6.07, 6.45) is 6.49. The molecule has 1 unspecified atom stereocenters. The highest BCUT2D eigenvalue weighted by Gasteiger charge is 2.09. The molecule has 0 aliphatic heterocycles. The zero-order valence-electron chi connectivity index (χ0n) is 12.5. The molecule has 0 bridgehead atoms. The number of rotatable bonds is 7. The molecule has 1 aromatic carbocycles. The second-order valence-corrected chi connectivity index (χ2v) is 5.25. The van der Waals surface area contributed by atoms with Gasteiger partial charge in [-0.2, -0.15) is 0 Å². The lowest BCUT2D eigenvalue weighted by molar-refractivity contribution is 0.0697. The van der Waals surface area contributed by atoms with Crippen LogP contribution in [0.1, 0.15) is 47.3 Å². The van der Waals surface area contributed by atoms with Gasteiger partial charge >= 0.3 is 5.97 Å². The molecule has 2 rings (SSSR count). The van der Waals surface area contributed by atoms with Gasteiger partial charge in [-0.1, -0.05) is 25.5 Å². The highest BCUT2D eigenvalue weighted by Crippen LogP contribution is 2.19. The summed E-state index contributed by atoms with van der Waals surface area (Å²) in [5.74, 6) is -0.888. The lowest BCUT2D eigenvalue weighted by Crippen LogP contribution is -2.15. The average Bonchev–Trinajstić information content (AvgIpc) is 2.93. The Kier molecular flexibility index (Phi) is 5.17. The highest BCUT2D eigenvalue weighted by molar-refractivity contribution is 5.87. The zero-order valence-corrected chi connectivity index (χ0v) is 12.5. The van der Waals surface area contributed by atoms with E-state index in [0.717, 1.165) is 24.9 Å². The van der Waals surface area contributed by atoms with Gasteiger partial charge in [0.2, 0.25) is 0 Å². The number of benzene rings is 1. The maximum absolute atomic E-state index is 10.8. The SMILES string of the molecule is CCCC(NC)c1ccn(Cc2ccc(C(=O)O)cc2)c1. The Morgan fingerprint density at radius 1 is 1.29 bits per heavy atom. The van der Waals surface area contributed by atoms with E-state index < -0.39 is 5.97 Å². The molecule has 2 aromatic rings. The molecule has 0 fully saturated rings. The Morgan fingerprint density at radius 2 is 2.00 bits per heavy atom. The predicted octanol–water partition coefficient (Wildman–Crippen LogP) is 3.30. The van der Waals surface area contributed by atoms with Gasteiger partial charge < -0.3 is 15.0 Å². The van der Waals surface area contributed by atoms with E-state index in [9.17, 15) is 4.79 Å². The largest absolute Gasteiger partial charge is 0.478 e. The number of hydrogen-bond acceptors (Lipinski definition) is 2. The summed E-state index contributed by atoms with van der Waals surface area (Å²) in [7, 11) is 1.99. The van der Waals surface area contributed by atoms with Crippen LogP contribution in [-0.2, 0) is 6.54 Å². The molecule has 4 heteroatoms. The summed E-state index contributed by atoms with van der Waals surface area (Å²) in [5, 5.41) is 12.2. The van der Waals surface area contributed by atoms with Gasteiger partial charge in [0.25, 0.3) is 0 Å². The Bertz CT molecular complexity index is 587. The molecule has 1 heterocycles. The maximum Gasteiger partial charge on any atom is 0.335 e. The summed E-state index contributed by atoms with van der Waals surface area (Å²) in [5.41, 5.74) is 2.71. The van der Waals surface area contributed by atoms with Crippen molar-refractivity contribution >= 4 is 5.97 Å². The summed E-state index contributed by atoms with van der Waals surface area (Å²) in [4.78, 5) is 10.8. The third-order valence-electron chi connectivity index (χ3n) is 3.67. The number of carboxylic acids is 1. The fraction of sp³-hybridized carbons (Fsp3) is 0.353. The third kappa shape index (κ3) is 3.95. The fourth-order valence-corrected chi connectivity index (χ4v) is 2.49. The lowest BCUT2D eigenvalue weighted by Gasteiger charge is -2.13. The first-order chi connectivity index (χ1) is 10.1. The van der Waals surface area contributed by atoms with E-state index in [2.05, 4.69) is 35.3 Å². The van der Waals surface area contributed by atoms with Gasteiger partial charge in [0.15, 0.2) is 0 Å². The fourth-order valence-electron chi connectivity index (χ4n) is 2.49. The van der Waals surface area contributed by atoms with Crippen LogP contribution >= 0.6 is 0 Å². The molecule has 1 aromatic heterocycles. The second-order valence-electron chi connectivity index (χ2n) is 5.25. The highest BCUT2D eigenvalue weighted by atomic mass is 16.4. The van der Waals surface area contributed by atoms with E-state index >= 15 is 0 Å². The van der Waals surface area contributed by atoms with Gasteiger partial charge in [-0.05, 0) is 42.8 Å². The lowest BCUT2D eigenvalue weighted by atomic mass is 10.1. The van der Waals surface area contributed by atoms with Crippen LogP contribution in [0, 0.1) is 0 Å². The van der Waals surface area contributed by atoms with Gasteiger partial charge in [0.05, 0.1) is 5.56 Å². The Morgan fingerprint density at radius 3 is 2.57 bits per heavy atom. The molecule has 0 aliphatic carbocycles. The van der Waals surface area contributed by atoms with Crippen molar-refractivity contribution in [2.75, 3.05) is 7.05 Å². The van der Waals surface area contributed by atoms with Crippen molar-refractivity contribution in [2.24, 2.45) is 0 Å². The van der Waals surface area contributed by atoms with Crippen LogP contribution < -0.4 is 5.32 Å². The smallest absolute Gasteiger partial charge is 0.335 e. The molecule has 112 valence electrons. The first-order valence-corrected chi connectivity index (χ1v) is 7.29. The normalized spacial score (nSPS) is 12.3. The first-order valence-electron chi connectivity index (χ1n) is 7.29. The number of carbonyl (C=O) groups is 1. The Hall–Kier alpha value is -2.07. The number of carboxylic acid groups (broad SMARTS) is 1. The van der Waals surface area contributed by atoms with Crippen molar-refractivity contribution in [3.05, 3.63) is 59.4 Å². The minimum atomic E-state index is -0.888. The summed E-state index contributed by atoms with van der Waals surface area (Å²) in [6, 6.07) is 9.56. The van der Waals surface area contributed by atoms with Crippen LogP contribution in [0.4, 0.5) is 0 Å². The number of nitrogens with zero attached hydrogens (tertiary/aromatic N) is 1. The Balaban J connectivity index is 2.06. The van der Waals surface area contributed by atoms with Gasteiger partial charge in [0, 0.05) is 25.0 Å². The molecule has 0 aliphatic rings. The van der Waals surface area contributed by atoms with Gasteiger partial charge in [-0.15, -0.1) is 0 Å². The van der Waals surface area contributed by atoms with Crippen LogP contribution in [0.15, 0.2) is 42.7 Å². The van der Waals surface area contributed by atoms with Crippen molar-refractivity contribution in [2.45, 2.75) is 32.4 Å². The minimum Gasteiger partial charge on any atom is -0.478 e. The molecular formula is C17H22N2O2. The number of nitrogens with one attached hydrogen (secondary N) is 1. The summed E-state index contributed by atoms with van der Waals surface area (Å²) in [6.45, 7) is 2.94. The van der Waals surface area contributed by atoms with Gasteiger partial charge in [-0.25, -0.2) is 4.79 Å². The van der Waals surface area contributed by atoms with E-state index in [4.69, 9.17) is 5.11 Å². The van der Waals surface area contributed by atoms with Crippen molar-refractivity contribution in [3.63, 3.8) is 0 Å². The first kappa shape index (κ1) is 15.3. The van der Waals surface area contributed by atoms with Crippen LogP contribution in [0.5, 0.6) is 0 Å². The van der Waals surface area contributed by atoms with Gasteiger partial charge in [0.1, 0.15) is 0 Å². The molecule has 0 saturated heterocycles.